The molecule has 0 aliphatic heterocycles. The highest BCUT2D eigenvalue weighted by atomic mass is 16.4. The van der Waals surface area contributed by atoms with Crippen LogP contribution in [-0.2, 0) is 4.79 Å². The minimum atomic E-state index is -0.104. The number of anilines is 2. The molecule has 1 aromatic heterocycles. The lowest BCUT2D eigenvalue weighted by Gasteiger charge is -2.03. The van der Waals surface area contributed by atoms with Crippen molar-refractivity contribution in [3.63, 3.8) is 0 Å². The molecule has 18 heavy (non-hydrogen) atoms. The van der Waals surface area contributed by atoms with Gasteiger partial charge in [0.15, 0.2) is 5.58 Å². The Labute approximate surface area is 105 Å². The first-order valence-corrected chi connectivity index (χ1v) is 5.68. The second kappa shape index (κ2) is 5.05. The van der Waals surface area contributed by atoms with Crippen molar-refractivity contribution in [3.05, 3.63) is 18.2 Å². The Morgan fingerprint density at radius 3 is 2.94 bits per heavy atom. The molecular weight excluding hydrogens is 232 g/mol. The van der Waals surface area contributed by atoms with Crippen LogP contribution >= 0.6 is 0 Å². The van der Waals surface area contributed by atoms with Crippen LogP contribution in [0.2, 0.25) is 0 Å². The minimum Gasteiger partial charge on any atom is -0.423 e. The van der Waals surface area contributed by atoms with Crippen LogP contribution in [0.5, 0.6) is 0 Å². The van der Waals surface area contributed by atoms with E-state index >= 15 is 0 Å². The second-order valence-corrected chi connectivity index (χ2v) is 4.16. The third kappa shape index (κ3) is 2.60. The van der Waals surface area contributed by atoms with Crippen LogP contribution in [0, 0.1) is 0 Å². The highest BCUT2D eigenvalue weighted by molar-refractivity contribution is 5.93. The fourth-order valence-electron chi connectivity index (χ4n) is 1.54. The van der Waals surface area contributed by atoms with E-state index in [0.29, 0.717) is 35.8 Å². The number of fused-ring (bicyclic) bond motifs is 1. The number of hydrogen-bond donors (Lipinski definition) is 2. The molecule has 3 N–H and O–H groups in total. The van der Waals surface area contributed by atoms with Gasteiger partial charge < -0.3 is 20.4 Å². The van der Waals surface area contributed by atoms with E-state index in [1.807, 2.05) is 14.1 Å². The molecule has 0 spiro atoms. The molecule has 0 saturated heterocycles. The van der Waals surface area contributed by atoms with Crippen LogP contribution in [-0.4, -0.2) is 31.5 Å². The molecule has 96 valence electrons. The molecule has 0 aliphatic carbocycles. The molecule has 0 unspecified atom stereocenters. The van der Waals surface area contributed by atoms with Crippen LogP contribution in [0.3, 0.4) is 0 Å². The third-order valence-electron chi connectivity index (χ3n) is 2.41. The van der Waals surface area contributed by atoms with E-state index in [1.54, 1.807) is 23.1 Å². The average molecular weight is 248 g/mol. The zero-order valence-electron chi connectivity index (χ0n) is 10.4. The molecule has 0 radical (unpaired) electrons. The monoisotopic (exact) mass is 248 g/mol. The fraction of sp³-hybridized carbons (Fsp3) is 0.333. The summed E-state index contributed by atoms with van der Waals surface area (Å²) in [5.41, 5.74) is 7.41. The lowest BCUT2D eigenvalue weighted by atomic mass is 10.2. The predicted octanol–water partition coefficient (Wildman–Crippen LogP) is 1.18. The first-order chi connectivity index (χ1) is 8.60. The quantitative estimate of drug-likeness (QED) is 0.848. The lowest BCUT2D eigenvalue weighted by Crippen LogP contribution is -2.16. The second-order valence-electron chi connectivity index (χ2n) is 4.16. The molecule has 0 bridgehead atoms. The van der Waals surface area contributed by atoms with Gasteiger partial charge in [0.25, 0.3) is 6.01 Å². The summed E-state index contributed by atoms with van der Waals surface area (Å²) < 4.78 is 5.52. The zero-order valence-corrected chi connectivity index (χ0v) is 10.4. The SMILES string of the molecule is CN(C)c1nc2cc(NC(=O)CCN)ccc2o1. The van der Waals surface area contributed by atoms with E-state index in [-0.39, 0.29) is 5.91 Å². The van der Waals surface area contributed by atoms with Gasteiger partial charge in [0, 0.05) is 32.7 Å². The van der Waals surface area contributed by atoms with Crippen molar-refractivity contribution in [1.82, 2.24) is 4.98 Å². The third-order valence-corrected chi connectivity index (χ3v) is 2.41. The van der Waals surface area contributed by atoms with Crippen LogP contribution in [0.1, 0.15) is 6.42 Å². The number of rotatable bonds is 4. The number of amides is 1. The Balaban J connectivity index is 2.24. The summed E-state index contributed by atoms with van der Waals surface area (Å²) in [6.07, 6.45) is 0.305. The largest absolute Gasteiger partial charge is 0.423 e. The minimum absolute atomic E-state index is 0.104. The average Bonchev–Trinajstić information content (AvgIpc) is 2.72. The molecule has 6 heteroatoms. The molecule has 2 rings (SSSR count). The van der Waals surface area contributed by atoms with Crippen molar-refractivity contribution in [2.75, 3.05) is 30.9 Å². The summed E-state index contributed by atoms with van der Waals surface area (Å²) >= 11 is 0. The molecule has 1 aromatic carbocycles. The standard InChI is InChI=1S/C12H16N4O2/c1-16(2)12-15-9-7-8(3-4-10(9)18-12)14-11(17)5-6-13/h3-4,7H,5-6,13H2,1-2H3,(H,14,17). The zero-order chi connectivity index (χ0) is 13.1. The van der Waals surface area contributed by atoms with E-state index in [0.717, 1.165) is 0 Å². The van der Waals surface area contributed by atoms with Gasteiger partial charge in [-0.15, -0.1) is 0 Å². The Kier molecular flexibility index (Phi) is 3.47. The number of nitrogens with zero attached hydrogens (tertiary/aromatic N) is 2. The number of nitrogens with two attached hydrogens (primary N) is 1. The molecular formula is C12H16N4O2. The highest BCUT2D eigenvalue weighted by Crippen LogP contribution is 2.23. The Morgan fingerprint density at radius 2 is 2.28 bits per heavy atom. The Bertz CT molecular complexity index is 562. The smallest absolute Gasteiger partial charge is 0.297 e. The maximum absolute atomic E-state index is 11.4. The first kappa shape index (κ1) is 12.4. The molecule has 2 aromatic rings. The summed E-state index contributed by atoms with van der Waals surface area (Å²) in [6.45, 7) is 0.336. The molecule has 1 heterocycles. The molecule has 0 fully saturated rings. The van der Waals surface area contributed by atoms with Gasteiger partial charge in [-0.05, 0) is 18.2 Å². The number of carbonyl (C=O) groups excluding carboxylic acids is 1. The van der Waals surface area contributed by atoms with Gasteiger partial charge in [0.1, 0.15) is 5.52 Å². The molecule has 6 nitrogen and oxygen atoms in total. The van der Waals surface area contributed by atoms with E-state index in [2.05, 4.69) is 10.3 Å². The van der Waals surface area contributed by atoms with Crippen molar-refractivity contribution >= 4 is 28.7 Å². The van der Waals surface area contributed by atoms with Gasteiger partial charge in [0.2, 0.25) is 5.91 Å². The Hall–Kier alpha value is -2.08. The van der Waals surface area contributed by atoms with Gasteiger partial charge in [-0.25, -0.2) is 0 Å². The molecule has 0 aliphatic rings. The lowest BCUT2D eigenvalue weighted by molar-refractivity contribution is -0.116. The maximum Gasteiger partial charge on any atom is 0.297 e. The van der Waals surface area contributed by atoms with E-state index in [9.17, 15) is 4.79 Å². The summed E-state index contributed by atoms with van der Waals surface area (Å²) in [5, 5.41) is 2.76. The van der Waals surface area contributed by atoms with Gasteiger partial charge in [-0.3, -0.25) is 4.79 Å². The van der Waals surface area contributed by atoms with Gasteiger partial charge in [0.05, 0.1) is 0 Å². The summed E-state index contributed by atoms with van der Waals surface area (Å²) in [7, 11) is 3.71. The van der Waals surface area contributed by atoms with Crippen LogP contribution < -0.4 is 16.0 Å². The Morgan fingerprint density at radius 1 is 1.50 bits per heavy atom. The van der Waals surface area contributed by atoms with Crippen molar-refractivity contribution in [3.8, 4) is 0 Å². The molecule has 1 amide bonds. The number of nitrogens with one attached hydrogen (secondary N) is 1. The van der Waals surface area contributed by atoms with Crippen LogP contribution in [0.4, 0.5) is 11.7 Å². The van der Waals surface area contributed by atoms with Crippen molar-refractivity contribution in [1.29, 1.82) is 0 Å². The topological polar surface area (TPSA) is 84.4 Å². The van der Waals surface area contributed by atoms with Crippen molar-refractivity contribution in [2.45, 2.75) is 6.42 Å². The van der Waals surface area contributed by atoms with Gasteiger partial charge in [-0.2, -0.15) is 4.98 Å². The number of hydrogen-bond acceptors (Lipinski definition) is 5. The fourth-order valence-corrected chi connectivity index (χ4v) is 1.54. The van der Waals surface area contributed by atoms with Crippen molar-refractivity contribution < 1.29 is 9.21 Å². The normalized spacial score (nSPS) is 10.6. The number of benzene rings is 1. The first-order valence-electron chi connectivity index (χ1n) is 5.68. The molecule has 0 atom stereocenters. The predicted molar refractivity (Wildman–Crippen MR) is 70.6 cm³/mol. The maximum atomic E-state index is 11.4. The van der Waals surface area contributed by atoms with E-state index in [4.69, 9.17) is 10.2 Å². The van der Waals surface area contributed by atoms with E-state index < -0.39 is 0 Å². The van der Waals surface area contributed by atoms with Gasteiger partial charge in [-0.1, -0.05) is 0 Å². The molecule has 0 saturated carbocycles. The van der Waals surface area contributed by atoms with Crippen LogP contribution in [0.15, 0.2) is 22.6 Å². The van der Waals surface area contributed by atoms with E-state index in [1.165, 1.54) is 0 Å². The van der Waals surface area contributed by atoms with Gasteiger partial charge >= 0.3 is 0 Å². The van der Waals surface area contributed by atoms with Crippen LogP contribution in [0.25, 0.3) is 11.1 Å². The summed E-state index contributed by atoms with van der Waals surface area (Å²) in [6, 6.07) is 5.88. The summed E-state index contributed by atoms with van der Waals surface area (Å²) in [4.78, 5) is 17.5. The summed E-state index contributed by atoms with van der Waals surface area (Å²) in [5.74, 6) is -0.104. The highest BCUT2D eigenvalue weighted by Gasteiger charge is 2.08. The van der Waals surface area contributed by atoms with Crippen molar-refractivity contribution in [2.24, 2.45) is 5.73 Å². The number of oxazole rings is 1. The number of aromatic nitrogens is 1. The number of carbonyl (C=O) groups is 1.